The zero-order valence-electron chi connectivity index (χ0n) is 11.3. The van der Waals surface area contributed by atoms with Crippen LogP contribution in [0.2, 0.25) is 0 Å². The minimum atomic E-state index is -0.451. The molecule has 0 aliphatic rings. The van der Waals surface area contributed by atoms with Crippen molar-refractivity contribution < 1.29 is 19.1 Å². The van der Waals surface area contributed by atoms with Gasteiger partial charge in [-0.15, -0.1) is 0 Å². The smallest absolute Gasteiger partial charge is 0.252 e. The zero-order valence-corrected chi connectivity index (χ0v) is 12.1. The number of likely N-dealkylation sites (N-methyl/N-ethyl adjacent to an activating group) is 1. The van der Waals surface area contributed by atoms with E-state index < -0.39 is 5.24 Å². The average Bonchev–Trinajstić information content (AvgIpc) is 2.28. The number of benzene rings is 1. The number of methoxy groups -OCH3 is 1. The van der Waals surface area contributed by atoms with Crippen molar-refractivity contribution in [3.63, 3.8) is 0 Å². The van der Waals surface area contributed by atoms with Gasteiger partial charge < -0.3 is 14.3 Å². The highest BCUT2D eigenvalue weighted by molar-refractivity contribution is 6.67. The second-order valence-electron chi connectivity index (χ2n) is 4.74. The molecule has 0 spiro atoms. The van der Waals surface area contributed by atoms with Gasteiger partial charge in [0.15, 0.2) is 0 Å². The molecule has 18 heavy (non-hydrogen) atoms. The molecule has 0 aliphatic heterocycles. The van der Waals surface area contributed by atoms with Gasteiger partial charge in [-0.2, -0.15) is 0 Å². The molecule has 0 saturated carbocycles. The lowest BCUT2D eigenvalue weighted by Crippen LogP contribution is -2.36. The van der Waals surface area contributed by atoms with Gasteiger partial charge in [0.25, 0.3) is 5.24 Å². The maximum atomic E-state index is 10.6. The molecule has 0 radical (unpaired) electrons. The van der Waals surface area contributed by atoms with Crippen LogP contribution in [0.5, 0.6) is 5.75 Å². The molecule has 1 N–H and O–H groups in total. The van der Waals surface area contributed by atoms with Crippen molar-refractivity contribution in [2.75, 3.05) is 41.4 Å². The molecule has 1 rings (SSSR count). The predicted molar refractivity (Wildman–Crippen MR) is 73.2 cm³/mol. The van der Waals surface area contributed by atoms with Crippen LogP contribution in [0.1, 0.15) is 10.4 Å². The minimum Gasteiger partial charge on any atom is -0.497 e. The Balaban J connectivity index is 0.000000360. The molecule has 1 aromatic carbocycles. The third-order valence-corrected chi connectivity index (χ3v) is 2.31. The highest BCUT2D eigenvalue weighted by Gasteiger charge is 2.02. The van der Waals surface area contributed by atoms with E-state index in [9.17, 15) is 4.79 Å². The Morgan fingerprint density at radius 1 is 1.28 bits per heavy atom. The Morgan fingerprint density at radius 3 is 2.00 bits per heavy atom. The van der Waals surface area contributed by atoms with E-state index in [2.05, 4.69) is 21.1 Å². The van der Waals surface area contributed by atoms with E-state index in [1.165, 1.54) is 0 Å². The summed E-state index contributed by atoms with van der Waals surface area (Å²) in [6, 6.07) is 6.62. The number of nitrogens with zero attached hydrogens (tertiary/aromatic N) is 1. The van der Waals surface area contributed by atoms with Gasteiger partial charge in [0.1, 0.15) is 12.3 Å². The summed E-state index contributed by atoms with van der Waals surface area (Å²) < 4.78 is 5.74. The topological polar surface area (TPSA) is 46.5 Å². The Morgan fingerprint density at radius 2 is 1.78 bits per heavy atom. The largest absolute Gasteiger partial charge is 0.497 e. The van der Waals surface area contributed by atoms with Gasteiger partial charge in [-0.1, -0.05) is 0 Å². The van der Waals surface area contributed by atoms with Crippen LogP contribution in [0.4, 0.5) is 0 Å². The molecule has 5 heteroatoms. The van der Waals surface area contributed by atoms with Crippen molar-refractivity contribution in [2.45, 2.75) is 0 Å². The number of aliphatic hydroxyl groups is 1. The molecule has 0 atom stereocenters. The number of carbonyl (C=O) groups is 1. The number of quaternary nitrogens is 1. The average molecular weight is 275 g/mol. The van der Waals surface area contributed by atoms with Gasteiger partial charge in [-0.05, 0) is 35.9 Å². The lowest BCUT2D eigenvalue weighted by atomic mass is 10.2. The van der Waals surface area contributed by atoms with Crippen LogP contribution >= 0.6 is 11.6 Å². The van der Waals surface area contributed by atoms with Crippen molar-refractivity contribution in [3.05, 3.63) is 29.8 Å². The first-order valence-corrected chi connectivity index (χ1v) is 5.93. The van der Waals surface area contributed by atoms with Crippen molar-refractivity contribution >= 4 is 16.8 Å². The minimum absolute atomic E-state index is 0.281. The molecule has 0 saturated heterocycles. The molecule has 1 aromatic rings. The number of carbonyl (C=O) groups excluding carboxylic acids is 1. The maximum absolute atomic E-state index is 10.6. The summed E-state index contributed by atoms with van der Waals surface area (Å²) in [6.07, 6.45) is 0. The number of hydrogen-bond donors (Lipinski definition) is 1. The standard InChI is InChI=1S/C8H7ClO2.C5H14NO/c1-11-7-4-2-6(3-5-7)8(9)10;1-6(2,3)4-5-7/h2-5H,1H3;7H,4-5H2,1-3H3/q;+1. The van der Waals surface area contributed by atoms with E-state index in [4.69, 9.17) is 21.4 Å². The molecule has 102 valence electrons. The fourth-order valence-electron chi connectivity index (χ4n) is 1.02. The first-order valence-electron chi connectivity index (χ1n) is 5.55. The fourth-order valence-corrected chi connectivity index (χ4v) is 1.15. The molecule has 0 bridgehead atoms. The number of hydrogen-bond acceptors (Lipinski definition) is 3. The molecule has 0 aliphatic carbocycles. The molecule has 0 unspecified atom stereocenters. The lowest BCUT2D eigenvalue weighted by Gasteiger charge is -2.21. The van der Waals surface area contributed by atoms with E-state index in [1.54, 1.807) is 31.4 Å². The predicted octanol–water partition coefficient (Wildman–Crippen LogP) is 1.76. The Bertz CT molecular complexity index is 357. The van der Waals surface area contributed by atoms with E-state index in [0.29, 0.717) is 11.3 Å². The summed E-state index contributed by atoms with van der Waals surface area (Å²) >= 11 is 5.22. The van der Waals surface area contributed by atoms with Gasteiger partial charge in [0.2, 0.25) is 0 Å². The summed E-state index contributed by atoms with van der Waals surface area (Å²) in [5.41, 5.74) is 0.479. The summed E-state index contributed by atoms with van der Waals surface area (Å²) in [7, 11) is 7.72. The summed E-state index contributed by atoms with van der Waals surface area (Å²) in [5.74, 6) is 0.715. The van der Waals surface area contributed by atoms with Crippen molar-refractivity contribution in [1.82, 2.24) is 0 Å². The maximum Gasteiger partial charge on any atom is 0.252 e. The van der Waals surface area contributed by atoms with Crippen LogP contribution in [-0.4, -0.2) is 56.2 Å². The molecular formula is C13H21ClNO3+. The molecule has 0 heterocycles. The van der Waals surface area contributed by atoms with Gasteiger partial charge in [0, 0.05) is 5.56 Å². The molecule has 4 nitrogen and oxygen atoms in total. The Hall–Kier alpha value is -1.10. The Kier molecular flexibility index (Phi) is 7.59. The van der Waals surface area contributed by atoms with Gasteiger partial charge in [-0.25, -0.2) is 0 Å². The van der Waals surface area contributed by atoms with Crippen LogP contribution in [0.25, 0.3) is 0 Å². The van der Waals surface area contributed by atoms with Crippen LogP contribution < -0.4 is 4.74 Å². The summed E-state index contributed by atoms with van der Waals surface area (Å²) in [6.45, 7) is 1.11. The summed E-state index contributed by atoms with van der Waals surface area (Å²) in [5, 5.41) is 7.94. The number of ether oxygens (including phenoxy) is 1. The van der Waals surface area contributed by atoms with Gasteiger partial charge in [-0.3, -0.25) is 4.79 Å². The molecule has 0 fully saturated rings. The van der Waals surface area contributed by atoms with Gasteiger partial charge in [0.05, 0.1) is 34.9 Å². The lowest BCUT2D eigenvalue weighted by molar-refractivity contribution is -0.870. The van der Waals surface area contributed by atoms with Crippen molar-refractivity contribution in [1.29, 1.82) is 0 Å². The van der Waals surface area contributed by atoms with E-state index >= 15 is 0 Å². The van der Waals surface area contributed by atoms with Crippen LogP contribution in [0, 0.1) is 0 Å². The molecule has 0 amide bonds. The highest BCUT2D eigenvalue weighted by Crippen LogP contribution is 2.12. The van der Waals surface area contributed by atoms with Crippen LogP contribution in [0.3, 0.4) is 0 Å². The van der Waals surface area contributed by atoms with Gasteiger partial charge >= 0.3 is 0 Å². The third kappa shape index (κ3) is 8.06. The number of rotatable bonds is 4. The van der Waals surface area contributed by atoms with E-state index in [-0.39, 0.29) is 6.61 Å². The quantitative estimate of drug-likeness (QED) is 0.672. The summed E-state index contributed by atoms with van der Waals surface area (Å²) in [4.78, 5) is 10.6. The normalized spacial score (nSPS) is 10.3. The first-order chi connectivity index (χ1) is 8.30. The third-order valence-electron chi connectivity index (χ3n) is 2.09. The van der Waals surface area contributed by atoms with Crippen molar-refractivity contribution in [3.8, 4) is 5.75 Å². The zero-order chi connectivity index (χ0) is 14.2. The Labute approximate surface area is 113 Å². The second kappa shape index (κ2) is 8.08. The first kappa shape index (κ1) is 16.9. The second-order valence-corrected chi connectivity index (χ2v) is 5.08. The number of halogens is 1. The van der Waals surface area contributed by atoms with E-state index in [0.717, 1.165) is 11.0 Å². The molecule has 0 aromatic heterocycles. The van der Waals surface area contributed by atoms with E-state index in [1.807, 2.05) is 0 Å². The van der Waals surface area contributed by atoms with Crippen LogP contribution in [0.15, 0.2) is 24.3 Å². The van der Waals surface area contributed by atoms with Crippen LogP contribution in [-0.2, 0) is 0 Å². The SMILES string of the molecule is COc1ccc(C(=O)Cl)cc1.C[N+](C)(C)CCO. The highest BCUT2D eigenvalue weighted by atomic mass is 35.5. The number of aliphatic hydroxyl groups excluding tert-OH is 1. The monoisotopic (exact) mass is 274 g/mol. The molecular weight excluding hydrogens is 254 g/mol. The fraction of sp³-hybridized carbons (Fsp3) is 0.462. The van der Waals surface area contributed by atoms with Crippen molar-refractivity contribution in [2.24, 2.45) is 0 Å².